The van der Waals surface area contributed by atoms with Gasteiger partial charge in [0.05, 0.1) is 14.2 Å². The summed E-state index contributed by atoms with van der Waals surface area (Å²) in [5.41, 5.74) is 0. The van der Waals surface area contributed by atoms with Crippen LogP contribution < -0.4 is 9.47 Å². The molecule has 0 aliphatic heterocycles. The molecule has 0 N–H and O–H groups in total. The summed E-state index contributed by atoms with van der Waals surface area (Å²) in [5.74, 6) is 1.89. The minimum atomic E-state index is 0.931. The molecular formula is C18H16O2S2. The first kappa shape index (κ1) is 14.9. The number of benzene rings is 2. The van der Waals surface area contributed by atoms with Gasteiger partial charge < -0.3 is 9.47 Å². The fourth-order valence-corrected chi connectivity index (χ4v) is 3.83. The van der Waals surface area contributed by atoms with Gasteiger partial charge in [0.15, 0.2) is 0 Å². The molecule has 0 bridgehead atoms. The number of hydrogen-bond donors (Lipinski definition) is 0. The van der Waals surface area contributed by atoms with Gasteiger partial charge >= 0.3 is 0 Å². The van der Waals surface area contributed by atoms with Gasteiger partial charge in [0.2, 0.25) is 0 Å². The van der Waals surface area contributed by atoms with Crippen molar-refractivity contribution in [1.29, 1.82) is 0 Å². The number of fused-ring (bicyclic) bond motifs is 2. The highest BCUT2D eigenvalue weighted by Crippen LogP contribution is 2.28. The third-order valence-corrected chi connectivity index (χ3v) is 5.10. The van der Waals surface area contributed by atoms with Crippen molar-refractivity contribution in [3.05, 3.63) is 59.3 Å². The minimum Gasteiger partial charge on any atom is -0.497 e. The van der Waals surface area contributed by atoms with Crippen molar-refractivity contribution < 1.29 is 9.47 Å². The van der Waals surface area contributed by atoms with Gasteiger partial charge in [0.1, 0.15) is 11.5 Å². The molecule has 0 saturated heterocycles. The molecule has 4 heteroatoms. The SMILES string of the molecule is COc1ccc2ccsc2c1.COc1cccc2sccc12. The highest BCUT2D eigenvalue weighted by Gasteiger charge is 1.99. The van der Waals surface area contributed by atoms with Gasteiger partial charge in [0.25, 0.3) is 0 Å². The molecule has 0 fully saturated rings. The number of ether oxygens (including phenoxy) is 2. The van der Waals surface area contributed by atoms with Crippen LogP contribution in [0.5, 0.6) is 11.5 Å². The zero-order valence-electron chi connectivity index (χ0n) is 12.4. The maximum Gasteiger partial charge on any atom is 0.127 e. The number of rotatable bonds is 2. The molecule has 4 aromatic rings. The van der Waals surface area contributed by atoms with Gasteiger partial charge in [-0.05, 0) is 58.6 Å². The van der Waals surface area contributed by atoms with Crippen LogP contribution in [0.15, 0.2) is 59.3 Å². The third kappa shape index (κ3) is 3.08. The Bertz CT molecular complexity index is 876. The lowest BCUT2D eigenvalue weighted by molar-refractivity contribution is 0.415. The Hall–Kier alpha value is -2.04. The van der Waals surface area contributed by atoms with E-state index in [0.717, 1.165) is 11.5 Å². The average molecular weight is 328 g/mol. The fourth-order valence-electron chi connectivity index (χ4n) is 2.21. The zero-order valence-corrected chi connectivity index (χ0v) is 14.0. The van der Waals surface area contributed by atoms with E-state index >= 15 is 0 Å². The van der Waals surface area contributed by atoms with Gasteiger partial charge in [-0.3, -0.25) is 0 Å². The topological polar surface area (TPSA) is 18.5 Å². The highest BCUT2D eigenvalue weighted by atomic mass is 32.1. The molecule has 0 unspecified atom stereocenters. The second kappa shape index (κ2) is 6.81. The molecule has 4 rings (SSSR count). The Morgan fingerprint density at radius 3 is 2.41 bits per heavy atom. The van der Waals surface area contributed by atoms with E-state index in [4.69, 9.17) is 9.47 Å². The summed E-state index contributed by atoms with van der Waals surface area (Å²) < 4.78 is 12.9. The van der Waals surface area contributed by atoms with Gasteiger partial charge in [-0.1, -0.05) is 6.07 Å². The molecule has 2 aromatic carbocycles. The van der Waals surface area contributed by atoms with Crippen molar-refractivity contribution in [2.24, 2.45) is 0 Å². The van der Waals surface area contributed by atoms with Crippen LogP contribution in [0.3, 0.4) is 0 Å². The molecule has 2 heterocycles. The second-order valence-electron chi connectivity index (χ2n) is 4.62. The highest BCUT2D eigenvalue weighted by molar-refractivity contribution is 7.17. The molecule has 0 spiro atoms. The molecular weight excluding hydrogens is 312 g/mol. The fraction of sp³-hybridized carbons (Fsp3) is 0.111. The van der Waals surface area contributed by atoms with Crippen LogP contribution in [0.1, 0.15) is 0 Å². The quantitative estimate of drug-likeness (QED) is 0.461. The van der Waals surface area contributed by atoms with E-state index in [1.165, 1.54) is 20.2 Å². The zero-order chi connectivity index (χ0) is 15.4. The molecule has 0 amide bonds. The van der Waals surface area contributed by atoms with Crippen molar-refractivity contribution in [3.8, 4) is 11.5 Å². The predicted molar refractivity (Wildman–Crippen MR) is 96.8 cm³/mol. The van der Waals surface area contributed by atoms with Crippen LogP contribution >= 0.6 is 22.7 Å². The van der Waals surface area contributed by atoms with Crippen molar-refractivity contribution >= 4 is 42.8 Å². The summed E-state index contributed by atoms with van der Waals surface area (Å²) >= 11 is 3.47. The van der Waals surface area contributed by atoms with Crippen molar-refractivity contribution in [1.82, 2.24) is 0 Å². The average Bonchev–Trinajstić information content (AvgIpc) is 3.22. The summed E-state index contributed by atoms with van der Waals surface area (Å²) in [6.07, 6.45) is 0. The van der Waals surface area contributed by atoms with Crippen LogP contribution in [0.25, 0.3) is 20.2 Å². The molecule has 2 aromatic heterocycles. The van der Waals surface area contributed by atoms with Crippen LogP contribution in [0.4, 0.5) is 0 Å². The Balaban J connectivity index is 0.000000131. The molecule has 0 radical (unpaired) electrons. The first-order valence-corrected chi connectivity index (χ1v) is 8.59. The number of thiophene rings is 2. The second-order valence-corrected chi connectivity index (χ2v) is 6.51. The van der Waals surface area contributed by atoms with Crippen LogP contribution in [-0.4, -0.2) is 14.2 Å². The lowest BCUT2D eigenvalue weighted by atomic mass is 10.2. The van der Waals surface area contributed by atoms with Crippen molar-refractivity contribution in [2.45, 2.75) is 0 Å². The van der Waals surface area contributed by atoms with E-state index in [1.54, 1.807) is 36.9 Å². The summed E-state index contributed by atoms with van der Waals surface area (Å²) in [4.78, 5) is 0. The summed E-state index contributed by atoms with van der Waals surface area (Å²) in [6.45, 7) is 0. The Morgan fingerprint density at radius 1 is 0.773 bits per heavy atom. The van der Waals surface area contributed by atoms with E-state index in [1.807, 2.05) is 18.2 Å². The van der Waals surface area contributed by atoms with Gasteiger partial charge in [0, 0.05) is 14.8 Å². The van der Waals surface area contributed by atoms with Crippen molar-refractivity contribution in [2.75, 3.05) is 14.2 Å². The van der Waals surface area contributed by atoms with Gasteiger partial charge in [-0.2, -0.15) is 0 Å². The van der Waals surface area contributed by atoms with E-state index in [9.17, 15) is 0 Å². The molecule has 0 atom stereocenters. The first-order chi connectivity index (χ1) is 10.8. The predicted octanol–water partition coefficient (Wildman–Crippen LogP) is 5.82. The van der Waals surface area contributed by atoms with Crippen LogP contribution in [0, 0.1) is 0 Å². The third-order valence-electron chi connectivity index (χ3n) is 3.34. The molecule has 0 saturated carbocycles. The van der Waals surface area contributed by atoms with E-state index < -0.39 is 0 Å². The van der Waals surface area contributed by atoms with Gasteiger partial charge in [-0.15, -0.1) is 22.7 Å². The van der Waals surface area contributed by atoms with Crippen molar-refractivity contribution in [3.63, 3.8) is 0 Å². The summed E-state index contributed by atoms with van der Waals surface area (Å²) in [6, 6.07) is 16.4. The van der Waals surface area contributed by atoms with E-state index in [2.05, 4.69) is 41.1 Å². The summed E-state index contributed by atoms with van der Waals surface area (Å²) in [7, 11) is 3.39. The Labute approximate surface area is 137 Å². The lowest BCUT2D eigenvalue weighted by Crippen LogP contribution is -1.80. The monoisotopic (exact) mass is 328 g/mol. The van der Waals surface area contributed by atoms with E-state index in [-0.39, 0.29) is 0 Å². The summed E-state index contributed by atoms with van der Waals surface area (Å²) in [5, 5.41) is 6.66. The normalized spacial score (nSPS) is 10.3. The molecule has 22 heavy (non-hydrogen) atoms. The van der Waals surface area contributed by atoms with Crippen LogP contribution in [-0.2, 0) is 0 Å². The first-order valence-electron chi connectivity index (χ1n) is 6.83. The number of hydrogen-bond acceptors (Lipinski definition) is 4. The van der Waals surface area contributed by atoms with Crippen LogP contribution in [0.2, 0.25) is 0 Å². The maximum absolute atomic E-state index is 5.19. The molecule has 112 valence electrons. The smallest absolute Gasteiger partial charge is 0.127 e. The van der Waals surface area contributed by atoms with Gasteiger partial charge in [-0.25, -0.2) is 0 Å². The number of methoxy groups -OCH3 is 2. The maximum atomic E-state index is 5.19. The molecule has 0 aliphatic carbocycles. The largest absolute Gasteiger partial charge is 0.497 e. The van der Waals surface area contributed by atoms with E-state index in [0.29, 0.717) is 0 Å². The molecule has 2 nitrogen and oxygen atoms in total. The standard InChI is InChI=1S/2C9H8OS/c1-10-8-3-2-7-4-5-11-9(7)6-8;1-10-8-3-2-4-9-7(8)5-6-11-9/h2*2-6H,1H3. The lowest BCUT2D eigenvalue weighted by Gasteiger charge is -1.99. The molecule has 0 aliphatic rings. The minimum absolute atomic E-state index is 0.931. The Morgan fingerprint density at radius 2 is 1.59 bits per heavy atom. The Kier molecular flexibility index (Phi) is 4.61.